The fourth-order valence-electron chi connectivity index (χ4n) is 2.49. The average Bonchev–Trinajstić information content (AvgIpc) is 2.46. The molecule has 2 aromatic carbocycles. The zero-order chi connectivity index (χ0) is 14.2. The minimum atomic E-state index is 0.190. The molecule has 1 heterocycles. The van der Waals surface area contributed by atoms with Crippen LogP contribution in [0.15, 0.2) is 60.8 Å². The molecule has 1 aromatic heterocycles. The molecule has 100 valence electrons. The number of nitrogens with zero attached hydrogens (tertiary/aromatic N) is 1. The van der Waals surface area contributed by atoms with Gasteiger partial charge in [0.15, 0.2) is 0 Å². The maximum absolute atomic E-state index is 4.53. The first-order chi connectivity index (χ1) is 9.55. The summed E-state index contributed by atoms with van der Waals surface area (Å²) < 4.78 is 0. The topological polar surface area (TPSA) is 12.9 Å². The van der Waals surface area contributed by atoms with E-state index in [4.69, 9.17) is 0 Å². The van der Waals surface area contributed by atoms with Gasteiger partial charge >= 0.3 is 0 Å². The van der Waals surface area contributed by atoms with Crippen molar-refractivity contribution >= 4 is 10.9 Å². The van der Waals surface area contributed by atoms with Gasteiger partial charge in [0.2, 0.25) is 0 Å². The Bertz CT molecular complexity index is 728. The van der Waals surface area contributed by atoms with E-state index in [1.807, 2.05) is 12.3 Å². The van der Waals surface area contributed by atoms with Crippen molar-refractivity contribution in [1.29, 1.82) is 0 Å². The van der Waals surface area contributed by atoms with Gasteiger partial charge in [0.1, 0.15) is 0 Å². The van der Waals surface area contributed by atoms with Gasteiger partial charge in [-0.3, -0.25) is 4.98 Å². The minimum absolute atomic E-state index is 0.190. The van der Waals surface area contributed by atoms with Crippen molar-refractivity contribution in [1.82, 2.24) is 4.98 Å². The maximum atomic E-state index is 4.53. The summed E-state index contributed by atoms with van der Waals surface area (Å²) in [6.45, 7) is 6.71. The number of rotatable bonds is 1. The molecule has 0 radical (unpaired) electrons. The van der Waals surface area contributed by atoms with Gasteiger partial charge in [0, 0.05) is 17.1 Å². The highest BCUT2D eigenvalue weighted by molar-refractivity contribution is 5.93. The maximum Gasteiger partial charge on any atom is 0.0780 e. The Morgan fingerprint density at radius 2 is 1.50 bits per heavy atom. The van der Waals surface area contributed by atoms with E-state index in [2.05, 4.69) is 74.3 Å². The van der Waals surface area contributed by atoms with Crippen molar-refractivity contribution in [2.24, 2.45) is 0 Å². The summed E-state index contributed by atoms with van der Waals surface area (Å²) in [6, 6.07) is 19.3. The average molecular weight is 261 g/mol. The third kappa shape index (κ3) is 2.32. The highest BCUT2D eigenvalue weighted by atomic mass is 14.6. The van der Waals surface area contributed by atoms with Crippen LogP contribution in [0.5, 0.6) is 0 Å². The first-order valence-electron chi connectivity index (χ1n) is 7.00. The molecule has 0 unspecified atom stereocenters. The van der Waals surface area contributed by atoms with Gasteiger partial charge < -0.3 is 0 Å². The van der Waals surface area contributed by atoms with Gasteiger partial charge in [-0.1, -0.05) is 69.3 Å². The monoisotopic (exact) mass is 261 g/mol. The SMILES string of the molecule is CC(C)(C)c1ccc(-c2cccc3cccnc23)cc1. The largest absolute Gasteiger partial charge is 0.256 e. The number of aromatic nitrogens is 1. The summed E-state index contributed by atoms with van der Waals surface area (Å²) in [5.41, 5.74) is 5.04. The Hall–Kier alpha value is -2.15. The summed E-state index contributed by atoms with van der Waals surface area (Å²) in [4.78, 5) is 4.53. The Morgan fingerprint density at radius 1 is 0.800 bits per heavy atom. The Balaban J connectivity index is 2.12. The number of para-hydroxylation sites is 1. The van der Waals surface area contributed by atoms with Crippen LogP contribution in [0.25, 0.3) is 22.0 Å². The van der Waals surface area contributed by atoms with Crippen LogP contribution in [0.2, 0.25) is 0 Å². The van der Waals surface area contributed by atoms with Crippen molar-refractivity contribution in [3.8, 4) is 11.1 Å². The van der Waals surface area contributed by atoms with Crippen LogP contribution < -0.4 is 0 Å². The predicted octanol–water partition coefficient (Wildman–Crippen LogP) is 5.20. The second-order valence-corrected chi connectivity index (χ2v) is 6.21. The molecular formula is C19H19N. The second-order valence-electron chi connectivity index (χ2n) is 6.21. The molecule has 0 fully saturated rings. The highest BCUT2D eigenvalue weighted by Gasteiger charge is 2.13. The third-order valence-corrected chi connectivity index (χ3v) is 3.69. The molecule has 1 heteroatoms. The van der Waals surface area contributed by atoms with E-state index >= 15 is 0 Å². The summed E-state index contributed by atoms with van der Waals surface area (Å²) >= 11 is 0. The molecular weight excluding hydrogens is 242 g/mol. The van der Waals surface area contributed by atoms with Crippen molar-refractivity contribution < 1.29 is 0 Å². The molecule has 0 spiro atoms. The lowest BCUT2D eigenvalue weighted by atomic mass is 9.86. The summed E-state index contributed by atoms with van der Waals surface area (Å²) in [7, 11) is 0. The fraction of sp³-hybridized carbons (Fsp3) is 0.211. The van der Waals surface area contributed by atoms with Gasteiger partial charge in [-0.05, 0) is 22.6 Å². The Morgan fingerprint density at radius 3 is 2.20 bits per heavy atom. The molecule has 3 aromatic rings. The van der Waals surface area contributed by atoms with Crippen LogP contribution >= 0.6 is 0 Å². The minimum Gasteiger partial charge on any atom is -0.256 e. The molecule has 20 heavy (non-hydrogen) atoms. The van der Waals surface area contributed by atoms with E-state index in [-0.39, 0.29) is 5.41 Å². The number of fused-ring (bicyclic) bond motifs is 1. The molecule has 0 bridgehead atoms. The van der Waals surface area contributed by atoms with Crippen molar-refractivity contribution in [3.05, 3.63) is 66.4 Å². The van der Waals surface area contributed by atoms with Crippen molar-refractivity contribution in [2.45, 2.75) is 26.2 Å². The van der Waals surface area contributed by atoms with E-state index in [0.717, 1.165) is 5.52 Å². The first kappa shape index (κ1) is 12.9. The van der Waals surface area contributed by atoms with Crippen LogP contribution in [0.3, 0.4) is 0 Å². The molecule has 0 atom stereocenters. The number of benzene rings is 2. The lowest BCUT2D eigenvalue weighted by Crippen LogP contribution is -2.10. The van der Waals surface area contributed by atoms with E-state index < -0.39 is 0 Å². The van der Waals surface area contributed by atoms with Crippen LogP contribution in [-0.2, 0) is 5.41 Å². The van der Waals surface area contributed by atoms with Gasteiger partial charge in [-0.2, -0.15) is 0 Å². The number of hydrogen-bond donors (Lipinski definition) is 0. The van der Waals surface area contributed by atoms with Gasteiger partial charge in [-0.25, -0.2) is 0 Å². The number of pyridine rings is 1. The Kier molecular flexibility index (Phi) is 3.06. The zero-order valence-corrected chi connectivity index (χ0v) is 12.2. The van der Waals surface area contributed by atoms with E-state index in [0.29, 0.717) is 0 Å². The van der Waals surface area contributed by atoms with Crippen LogP contribution in [0.1, 0.15) is 26.3 Å². The molecule has 0 saturated heterocycles. The van der Waals surface area contributed by atoms with E-state index in [1.54, 1.807) is 0 Å². The standard InChI is InChI=1S/C19H19N/c1-19(2,3)16-11-9-14(10-12-16)17-8-4-6-15-7-5-13-20-18(15)17/h4-13H,1-3H3. The molecule has 0 N–H and O–H groups in total. The fourth-order valence-corrected chi connectivity index (χ4v) is 2.49. The molecule has 0 amide bonds. The summed E-state index contributed by atoms with van der Waals surface area (Å²) in [6.07, 6.45) is 1.86. The number of hydrogen-bond acceptors (Lipinski definition) is 1. The van der Waals surface area contributed by atoms with E-state index in [9.17, 15) is 0 Å². The summed E-state index contributed by atoms with van der Waals surface area (Å²) in [5, 5.41) is 1.19. The van der Waals surface area contributed by atoms with Crippen molar-refractivity contribution in [3.63, 3.8) is 0 Å². The smallest absolute Gasteiger partial charge is 0.0780 e. The van der Waals surface area contributed by atoms with Crippen LogP contribution in [-0.4, -0.2) is 4.98 Å². The van der Waals surface area contributed by atoms with Crippen LogP contribution in [0.4, 0.5) is 0 Å². The highest BCUT2D eigenvalue weighted by Crippen LogP contribution is 2.29. The van der Waals surface area contributed by atoms with Gasteiger partial charge in [0.25, 0.3) is 0 Å². The lowest BCUT2D eigenvalue weighted by Gasteiger charge is -2.19. The predicted molar refractivity (Wildman–Crippen MR) is 85.9 cm³/mol. The molecule has 0 aliphatic heterocycles. The molecule has 3 rings (SSSR count). The zero-order valence-electron chi connectivity index (χ0n) is 12.2. The van der Waals surface area contributed by atoms with Crippen molar-refractivity contribution in [2.75, 3.05) is 0 Å². The molecule has 0 saturated carbocycles. The van der Waals surface area contributed by atoms with E-state index in [1.165, 1.54) is 22.1 Å². The third-order valence-electron chi connectivity index (χ3n) is 3.69. The normalized spacial score (nSPS) is 11.8. The van der Waals surface area contributed by atoms with Gasteiger partial charge in [-0.15, -0.1) is 0 Å². The molecule has 0 aliphatic carbocycles. The van der Waals surface area contributed by atoms with Crippen LogP contribution in [0, 0.1) is 0 Å². The lowest BCUT2D eigenvalue weighted by molar-refractivity contribution is 0.590. The van der Waals surface area contributed by atoms with Gasteiger partial charge in [0.05, 0.1) is 5.52 Å². The molecule has 0 aliphatic rings. The second kappa shape index (κ2) is 4.75. The first-order valence-corrected chi connectivity index (χ1v) is 7.00. The Labute approximate surface area is 120 Å². The molecule has 1 nitrogen and oxygen atoms in total. The summed E-state index contributed by atoms with van der Waals surface area (Å²) in [5.74, 6) is 0. The quantitative estimate of drug-likeness (QED) is 0.586.